The van der Waals surface area contributed by atoms with Gasteiger partial charge in [-0.15, -0.1) is 0 Å². The summed E-state index contributed by atoms with van der Waals surface area (Å²) in [4.78, 5) is 4.14. The van der Waals surface area contributed by atoms with Crippen LogP contribution in [0.3, 0.4) is 0 Å². The standard InChI is InChI=1S/C14H24N2/c1-3-4-5-8-14(15-2)10-9-13-7-6-11-16-12-13/h6-7,11-12,14-15H,3-5,8-10H2,1-2H3. The third kappa shape index (κ3) is 5.26. The summed E-state index contributed by atoms with van der Waals surface area (Å²) in [7, 11) is 2.07. The van der Waals surface area contributed by atoms with Crippen LogP contribution < -0.4 is 5.32 Å². The second kappa shape index (κ2) is 8.28. The molecule has 90 valence electrons. The quantitative estimate of drug-likeness (QED) is 0.681. The number of unbranched alkanes of at least 4 members (excludes halogenated alkanes) is 2. The summed E-state index contributed by atoms with van der Waals surface area (Å²) >= 11 is 0. The topological polar surface area (TPSA) is 24.9 Å². The number of nitrogens with one attached hydrogen (secondary N) is 1. The average molecular weight is 220 g/mol. The van der Waals surface area contributed by atoms with Crippen LogP contribution in [0.5, 0.6) is 0 Å². The molecular weight excluding hydrogens is 196 g/mol. The van der Waals surface area contributed by atoms with E-state index < -0.39 is 0 Å². The molecular formula is C14H24N2. The van der Waals surface area contributed by atoms with Crippen LogP contribution >= 0.6 is 0 Å². The van der Waals surface area contributed by atoms with Gasteiger partial charge in [-0.1, -0.05) is 32.3 Å². The van der Waals surface area contributed by atoms with Gasteiger partial charge in [0.15, 0.2) is 0 Å². The van der Waals surface area contributed by atoms with Crippen molar-refractivity contribution in [1.82, 2.24) is 10.3 Å². The van der Waals surface area contributed by atoms with Gasteiger partial charge in [-0.05, 0) is 37.9 Å². The Morgan fingerprint density at radius 3 is 2.81 bits per heavy atom. The van der Waals surface area contributed by atoms with Crippen molar-refractivity contribution in [2.75, 3.05) is 7.05 Å². The summed E-state index contributed by atoms with van der Waals surface area (Å²) in [5, 5.41) is 3.41. The molecule has 0 radical (unpaired) electrons. The summed E-state index contributed by atoms with van der Waals surface area (Å²) in [6.45, 7) is 2.25. The minimum Gasteiger partial charge on any atom is -0.317 e. The average Bonchev–Trinajstić information content (AvgIpc) is 2.35. The molecule has 1 heterocycles. The lowest BCUT2D eigenvalue weighted by molar-refractivity contribution is 0.465. The molecule has 1 unspecified atom stereocenters. The van der Waals surface area contributed by atoms with E-state index >= 15 is 0 Å². The molecule has 2 heteroatoms. The molecule has 0 aliphatic rings. The molecule has 0 aliphatic heterocycles. The molecule has 0 amide bonds. The van der Waals surface area contributed by atoms with Gasteiger partial charge in [-0.2, -0.15) is 0 Å². The van der Waals surface area contributed by atoms with Gasteiger partial charge in [0.05, 0.1) is 0 Å². The van der Waals surface area contributed by atoms with Crippen molar-refractivity contribution in [1.29, 1.82) is 0 Å². The predicted molar refractivity (Wildman–Crippen MR) is 69.5 cm³/mol. The van der Waals surface area contributed by atoms with Crippen LogP contribution in [0.1, 0.15) is 44.6 Å². The van der Waals surface area contributed by atoms with Gasteiger partial charge >= 0.3 is 0 Å². The third-order valence-electron chi connectivity index (χ3n) is 3.07. The number of aromatic nitrogens is 1. The summed E-state index contributed by atoms with van der Waals surface area (Å²) in [6.07, 6.45) is 11.4. The lowest BCUT2D eigenvalue weighted by Crippen LogP contribution is -2.25. The maximum atomic E-state index is 4.14. The highest BCUT2D eigenvalue weighted by Gasteiger charge is 2.05. The molecule has 2 nitrogen and oxygen atoms in total. The van der Waals surface area contributed by atoms with E-state index in [4.69, 9.17) is 0 Å². The Labute approximate surface area is 99.5 Å². The van der Waals surface area contributed by atoms with Crippen LogP contribution in [0.4, 0.5) is 0 Å². The first-order chi connectivity index (χ1) is 7.86. The Morgan fingerprint density at radius 2 is 2.19 bits per heavy atom. The third-order valence-corrected chi connectivity index (χ3v) is 3.07. The van der Waals surface area contributed by atoms with E-state index in [2.05, 4.69) is 30.3 Å². The van der Waals surface area contributed by atoms with Gasteiger partial charge in [-0.25, -0.2) is 0 Å². The van der Waals surface area contributed by atoms with E-state index in [0.717, 1.165) is 6.42 Å². The predicted octanol–water partition coefficient (Wildman–Crippen LogP) is 3.18. The van der Waals surface area contributed by atoms with Gasteiger partial charge in [-0.3, -0.25) is 4.98 Å². The van der Waals surface area contributed by atoms with Crippen molar-refractivity contribution in [3.63, 3.8) is 0 Å². The van der Waals surface area contributed by atoms with Crippen molar-refractivity contribution in [2.24, 2.45) is 0 Å². The Hall–Kier alpha value is -0.890. The van der Waals surface area contributed by atoms with Crippen molar-refractivity contribution >= 4 is 0 Å². The second-order valence-corrected chi connectivity index (χ2v) is 4.38. The van der Waals surface area contributed by atoms with E-state index in [1.54, 1.807) is 0 Å². The van der Waals surface area contributed by atoms with Crippen molar-refractivity contribution in [2.45, 2.75) is 51.5 Å². The zero-order valence-electron chi connectivity index (χ0n) is 10.6. The van der Waals surface area contributed by atoms with Gasteiger partial charge in [0.25, 0.3) is 0 Å². The van der Waals surface area contributed by atoms with Crippen LogP contribution in [0.2, 0.25) is 0 Å². The minimum atomic E-state index is 0.659. The number of rotatable bonds is 8. The first-order valence-electron chi connectivity index (χ1n) is 6.43. The molecule has 0 spiro atoms. The molecule has 1 aromatic rings. The lowest BCUT2D eigenvalue weighted by Gasteiger charge is -2.15. The fraction of sp³-hybridized carbons (Fsp3) is 0.643. The summed E-state index contributed by atoms with van der Waals surface area (Å²) in [5.41, 5.74) is 1.35. The molecule has 0 saturated heterocycles. The lowest BCUT2D eigenvalue weighted by atomic mass is 10.0. The SMILES string of the molecule is CCCCCC(CCc1cccnc1)NC. The first kappa shape index (κ1) is 13.2. The van der Waals surface area contributed by atoms with E-state index in [1.165, 1.54) is 37.7 Å². The van der Waals surface area contributed by atoms with Crippen molar-refractivity contribution in [3.05, 3.63) is 30.1 Å². The summed E-state index contributed by atoms with van der Waals surface area (Å²) < 4.78 is 0. The van der Waals surface area contributed by atoms with Crippen LogP contribution in [0.25, 0.3) is 0 Å². The zero-order chi connectivity index (χ0) is 11.6. The maximum absolute atomic E-state index is 4.14. The van der Waals surface area contributed by atoms with Crippen LogP contribution in [-0.4, -0.2) is 18.1 Å². The Morgan fingerprint density at radius 1 is 1.31 bits per heavy atom. The number of pyridine rings is 1. The van der Waals surface area contributed by atoms with Gasteiger partial charge in [0.1, 0.15) is 0 Å². The van der Waals surface area contributed by atoms with Gasteiger partial charge < -0.3 is 5.32 Å². The van der Waals surface area contributed by atoms with Gasteiger partial charge in [0.2, 0.25) is 0 Å². The molecule has 0 saturated carbocycles. The Balaban J connectivity index is 2.23. The normalized spacial score (nSPS) is 12.6. The highest BCUT2D eigenvalue weighted by atomic mass is 14.9. The summed E-state index contributed by atoms with van der Waals surface area (Å²) in [5.74, 6) is 0. The van der Waals surface area contributed by atoms with Crippen LogP contribution in [-0.2, 0) is 6.42 Å². The molecule has 1 N–H and O–H groups in total. The van der Waals surface area contributed by atoms with Crippen LogP contribution in [0.15, 0.2) is 24.5 Å². The molecule has 0 aliphatic carbocycles. The highest BCUT2D eigenvalue weighted by Crippen LogP contribution is 2.09. The number of nitrogens with zero attached hydrogens (tertiary/aromatic N) is 1. The molecule has 1 rings (SSSR count). The number of aryl methyl sites for hydroxylation is 1. The number of hydrogen-bond donors (Lipinski definition) is 1. The van der Waals surface area contributed by atoms with E-state index in [9.17, 15) is 0 Å². The van der Waals surface area contributed by atoms with Crippen molar-refractivity contribution in [3.8, 4) is 0 Å². The fourth-order valence-electron chi connectivity index (χ4n) is 1.96. The monoisotopic (exact) mass is 220 g/mol. The largest absolute Gasteiger partial charge is 0.317 e. The first-order valence-corrected chi connectivity index (χ1v) is 6.43. The fourth-order valence-corrected chi connectivity index (χ4v) is 1.96. The van der Waals surface area contributed by atoms with E-state index in [0.29, 0.717) is 6.04 Å². The highest BCUT2D eigenvalue weighted by molar-refractivity contribution is 5.08. The Bertz CT molecular complexity index is 259. The Kier molecular flexibility index (Phi) is 6.82. The molecule has 16 heavy (non-hydrogen) atoms. The smallest absolute Gasteiger partial charge is 0.0299 e. The minimum absolute atomic E-state index is 0.659. The zero-order valence-corrected chi connectivity index (χ0v) is 10.6. The van der Waals surface area contributed by atoms with E-state index in [-0.39, 0.29) is 0 Å². The molecule has 0 fully saturated rings. The van der Waals surface area contributed by atoms with E-state index in [1.807, 2.05) is 18.5 Å². The molecule has 0 aromatic carbocycles. The van der Waals surface area contributed by atoms with Crippen LogP contribution in [0, 0.1) is 0 Å². The summed E-state index contributed by atoms with van der Waals surface area (Å²) in [6, 6.07) is 4.83. The number of hydrogen-bond acceptors (Lipinski definition) is 2. The van der Waals surface area contributed by atoms with Gasteiger partial charge in [0, 0.05) is 18.4 Å². The molecule has 0 bridgehead atoms. The van der Waals surface area contributed by atoms with Crippen molar-refractivity contribution < 1.29 is 0 Å². The molecule has 1 atom stereocenters. The molecule has 1 aromatic heterocycles. The maximum Gasteiger partial charge on any atom is 0.0299 e. The second-order valence-electron chi connectivity index (χ2n) is 4.38.